The summed E-state index contributed by atoms with van der Waals surface area (Å²) < 4.78 is 0. The lowest BCUT2D eigenvalue weighted by Gasteiger charge is -2.13. The normalized spacial score (nSPS) is 12.5. The number of amides is 1. The SMILES string of the molecule is CC(C)CCC(=O)NCC(N)c1ccccc1. The summed E-state index contributed by atoms with van der Waals surface area (Å²) in [5.41, 5.74) is 7.04. The molecule has 0 fully saturated rings. The average Bonchev–Trinajstić information content (AvgIpc) is 2.34. The number of nitrogens with one attached hydrogen (secondary N) is 1. The summed E-state index contributed by atoms with van der Waals surface area (Å²) in [5, 5.41) is 2.87. The number of hydrogen-bond donors (Lipinski definition) is 2. The van der Waals surface area contributed by atoms with Crippen molar-refractivity contribution in [2.24, 2.45) is 11.7 Å². The molecule has 0 bridgehead atoms. The van der Waals surface area contributed by atoms with E-state index in [9.17, 15) is 4.79 Å². The molecular weight excluding hydrogens is 212 g/mol. The number of benzene rings is 1. The minimum atomic E-state index is -0.126. The second-order valence-corrected chi connectivity index (χ2v) is 4.75. The molecule has 0 radical (unpaired) electrons. The molecule has 0 aromatic heterocycles. The highest BCUT2D eigenvalue weighted by Gasteiger charge is 2.08. The molecule has 1 amide bonds. The first-order valence-corrected chi connectivity index (χ1v) is 6.17. The first-order valence-electron chi connectivity index (χ1n) is 6.17. The summed E-state index contributed by atoms with van der Waals surface area (Å²) in [6.45, 7) is 4.73. The molecule has 0 aliphatic carbocycles. The fourth-order valence-electron chi connectivity index (χ4n) is 1.55. The van der Waals surface area contributed by atoms with Crippen LogP contribution in [0.1, 0.15) is 38.3 Å². The van der Waals surface area contributed by atoms with Gasteiger partial charge in [0.15, 0.2) is 0 Å². The number of carbonyl (C=O) groups excluding carboxylic acids is 1. The van der Waals surface area contributed by atoms with Crippen LogP contribution in [0.2, 0.25) is 0 Å². The van der Waals surface area contributed by atoms with E-state index in [-0.39, 0.29) is 11.9 Å². The van der Waals surface area contributed by atoms with E-state index in [1.807, 2.05) is 30.3 Å². The molecule has 1 atom stereocenters. The van der Waals surface area contributed by atoms with Gasteiger partial charge in [-0.2, -0.15) is 0 Å². The van der Waals surface area contributed by atoms with E-state index < -0.39 is 0 Å². The Labute approximate surface area is 103 Å². The second-order valence-electron chi connectivity index (χ2n) is 4.75. The average molecular weight is 234 g/mol. The maximum Gasteiger partial charge on any atom is 0.220 e. The Balaban J connectivity index is 2.29. The van der Waals surface area contributed by atoms with Gasteiger partial charge in [-0.25, -0.2) is 0 Å². The fraction of sp³-hybridized carbons (Fsp3) is 0.500. The lowest BCUT2D eigenvalue weighted by molar-refractivity contribution is -0.121. The molecule has 0 heterocycles. The van der Waals surface area contributed by atoms with Gasteiger partial charge in [0.05, 0.1) is 0 Å². The predicted octanol–water partition coefficient (Wildman–Crippen LogP) is 2.24. The van der Waals surface area contributed by atoms with Crippen molar-refractivity contribution in [2.45, 2.75) is 32.7 Å². The maximum atomic E-state index is 11.5. The van der Waals surface area contributed by atoms with E-state index >= 15 is 0 Å². The zero-order valence-electron chi connectivity index (χ0n) is 10.6. The lowest BCUT2D eigenvalue weighted by atomic mass is 10.1. The molecule has 3 heteroatoms. The maximum absolute atomic E-state index is 11.5. The van der Waals surface area contributed by atoms with E-state index in [1.165, 1.54) is 0 Å². The molecule has 0 aliphatic heterocycles. The van der Waals surface area contributed by atoms with E-state index in [2.05, 4.69) is 19.2 Å². The van der Waals surface area contributed by atoms with Gasteiger partial charge in [0.2, 0.25) is 5.91 Å². The van der Waals surface area contributed by atoms with Crippen LogP contribution >= 0.6 is 0 Å². The zero-order valence-corrected chi connectivity index (χ0v) is 10.6. The third-order valence-corrected chi connectivity index (χ3v) is 2.70. The van der Waals surface area contributed by atoms with Gasteiger partial charge in [0, 0.05) is 19.0 Å². The van der Waals surface area contributed by atoms with Gasteiger partial charge in [-0.1, -0.05) is 44.2 Å². The van der Waals surface area contributed by atoms with Crippen molar-refractivity contribution >= 4 is 5.91 Å². The van der Waals surface area contributed by atoms with Gasteiger partial charge >= 0.3 is 0 Å². The van der Waals surface area contributed by atoms with Crippen LogP contribution in [0.15, 0.2) is 30.3 Å². The predicted molar refractivity (Wildman–Crippen MR) is 70.5 cm³/mol. The van der Waals surface area contributed by atoms with Crippen molar-refractivity contribution in [3.8, 4) is 0 Å². The first-order chi connectivity index (χ1) is 8.09. The van der Waals surface area contributed by atoms with Crippen LogP contribution in [0.25, 0.3) is 0 Å². The number of nitrogens with two attached hydrogens (primary N) is 1. The van der Waals surface area contributed by atoms with Gasteiger partial charge in [0.1, 0.15) is 0 Å². The molecule has 17 heavy (non-hydrogen) atoms. The quantitative estimate of drug-likeness (QED) is 0.793. The molecule has 1 aromatic carbocycles. The van der Waals surface area contributed by atoms with Crippen molar-refractivity contribution in [1.29, 1.82) is 0 Å². The number of rotatable bonds is 6. The molecule has 3 N–H and O–H groups in total. The van der Waals surface area contributed by atoms with Gasteiger partial charge < -0.3 is 11.1 Å². The van der Waals surface area contributed by atoms with Crippen LogP contribution < -0.4 is 11.1 Å². The Bertz CT molecular complexity index is 335. The summed E-state index contributed by atoms with van der Waals surface area (Å²) in [5.74, 6) is 0.647. The molecule has 0 saturated carbocycles. The first kappa shape index (κ1) is 13.7. The van der Waals surface area contributed by atoms with Crippen LogP contribution in [0.5, 0.6) is 0 Å². The van der Waals surface area contributed by atoms with Crippen molar-refractivity contribution in [3.63, 3.8) is 0 Å². The second kappa shape index (κ2) is 7.07. The summed E-state index contributed by atoms with van der Waals surface area (Å²) in [7, 11) is 0. The van der Waals surface area contributed by atoms with Gasteiger partial charge in [0.25, 0.3) is 0 Å². The Morgan fingerprint density at radius 1 is 1.29 bits per heavy atom. The molecule has 1 aromatic rings. The van der Waals surface area contributed by atoms with Crippen molar-refractivity contribution in [3.05, 3.63) is 35.9 Å². The molecule has 1 unspecified atom stereocenters. The minimum Gasteiger partial charge on any atom is -0.354 e. The molecule has 1 rings (SSSR count). The minimum absolute atomic E-state index is 0.0880. The number of hydrogen-bond acceptors (Lipinski definition) is 2. The standard InChI is InChI=1S/C14H22N2O/c1-11(2)8-9-14(17)16-10-13(15)12-6-4-3-5-7-12/h3-7,11,13H,8-10,15H2,1-2H3,(H,16,17). The summed E-state index contributed by atoms with van der Waals surface area (Å²) in [4.78, 5) is 11.5. The van der Waals surface area contributed by atoms with Gasteiger partial charge in [-0.05, 0) is 17.9 Å². The van der Waals surface area contributed by atoms with Crippen molar-refractivity contribution in [2.75, 3.05) is 6.54 Å². The van der Waals surface area contributed by atoms with Crippen LogP contribution in [-0.4, -0.2) is 12.5 Å². The smallest absolute Gasteiger partial charge is 0.220 e. The number of carbonyl (C=O) groups is 1. The van der Waals surface area contributed by atoms with Crippen molar-refractivity contribution < 1.29 is 4.79 Å². The topological polar surface area (TPSA) is 55.1 Å². The molecule has 0 aliphatic rings. The Kier molecular flexibility index (Phi) is 5.70. The van der Waals surface area contributed by atoms with E-state index in [4.69, 9.17) is 5.73 Å². The summed E-state index contributed by atoms with van der Waals surface area (Å²) in [6.07, 6.45) is 1.51. The highest BCUT2D eigenvalue weighted by Crippen LogP contribution is 2.08. The van der Waals surface area contributed by atoms with E-state index in [1.54, 1.807) is 0 Å². The summed E-state index contributed by atoms with van der Waals surface area (Å²) in [6, 6.07) is 9.69. The zero-order chi connectivity index (χ0) is 12.7. The monoisotopic (exact) mass is 234 g/mol. The van der Waals surface area contributed by atoms with E-state index in [0.717, 1.165) is 12.0 Å². The van der Waals surface area contributed by atoms with Gasteiger partial charge in [-0.15, -0.1) is 0 Å². The van der Waals surface area contributed by atoms with Gasteiger partial charge in [-0.3, -0.25) is 4.79 Å². The molecule has 3 nitrogen and oxygen atoms in total. The van der Waals surface area contributed by atoms with E-state index in [0.29, 0.717) is 18.9 Å². The molecule has 0 spiro atoms. The Morgan fingerprint density at radius 3 is 2.53 bits per heavy atom. The highest BCUT2D eigenvalue weighted by atomic mass is 16.1. The van der Waals surface area contributed by atoms with Crippen LogP contribution in [0.4, 0.5) is 0 Å². The van der Waals surface area contributed by atoms with Crippen LogP contribution in [0, 0.1) is 5.92 Å². The van der Waals surface area contributed by atoms with Crippen LogP contribution in [-0.2, 0) is 4.79 Å². The lowest BCUT2D eigenvalue weighted by Crippen LogP contribution is -2.31. The third-order valence-electron chi connectivity index (χ3n) is 2.70. The van der Waals surface area contributed by atoms with Crippen molar-refractivity contribution in [1.82, 2.24) is 5.32 Å². The third kappa shape index (κ3) is 5.50. The molecule has 94 valence electrons. The largest absolute Gasteiger partial charge is 0.354 e. The Hall–Kier alpha value is -1.35. The summed E-state index contributed by atoms with van der Waals surface area (Å²) >= 11 is 0. The Morgan fingerprint density at radius 2 is 1.94 bits per heavy atom. The van der Waals surface area contributed by atoms with Crippen LogP contribution in [0.3, 0.4) is 0 Å². The highest BCUT2D eigenvalue weighted by molar-refractivity contribution is 5.75. The molecule has 0 saturated heterocycles. The molecular formula is C14H22N2O. The fourth-order valence-corrected chi connectivity index (χ4v) is 1.55.